The Bertz CT molecular complexity index is 692. The number of nitrogens with one attached hydrogen (secondary N) is 2. The van der Waals surface area contributed by atoms with E-state index >= 15 is 0 Å². The van der Waals surface area contributed by atoms with E-state index in [4.69, 9.17) is 0 Å². The Labute approximate surface area is 149 Å². The second-order valence-corrected chi connectivity index (χ2v) is 7.54. The summed E-state index contributed by atoms with van der Waals surface area (Å²) in [5.74, 6) is -0.409. The molecule has 1 fully saturated rings. The van der Waals surface area contributed by atoms with Gasteiger partial charge in [-0.1, -0.05) is 6.07 Å². The number of carbonyl (C=O) groups is 3. The van der Waals surface area contributed by atoms with Gasteiger partial charge < -0.3 is 15.5 Å². The van der Waals surface area contributed by atoms with Crippen LogP contribution in [-0.2, 0) is 9.59 Å². The number of rotatable bonds is 4. The molecule has 1 aromatic rings. The van der Waals surface area contributed by atoms with Crippen molar-refractivity contribution in [3.05, 3.63) is 29.3 Å². The number of hydrogen-bond donors (Lipinski definition) is 2. The largest absolute Gasteiger partial charge is 0.347 e. The third-order valence-corrected chi connectivity index (χ3v) is 4.28. The quantitative estimate of drug-likeness (QED) is 0.880. The molecule has 0 unspecified atom stereocenters. The van der Waals surface area contributed by atoms with Gasteiger partial charge in [-0.25, -0.2) is 0 Å². The molecule has 0 aromatic heterocycles. The zero-order chi connectivity index (χ0) is 18.8. The van der Waals surface area contributed by atoms with Crippen molar-refractivity contribution in [2.24, 2.45) is 0 Å². The molecule has 2 rings (SSSR count). The second kappa shape index (κ2) is 7.25. The highest BCUT2D eigenvalue weighted by molar-refractivity contribution is 6.01. The Morgan fingerprint density at radius 3 is 2.48 bits per heavy atom. The fraction of sp³-hybridized carbons (Fsp3) is 0.526. The second-order valence-electron chi connectivity index (χ2n) is 7.54. The summed E-state index contributed by atoms with van der Waals surface area (Å²) >= 11 is 0. The summed E-state index contributed by atoms with van der Waals surface area (Å²) in [4.78, 5) is 38.3. The predicted octanol–water partition coefficient (Wildman–Crippen LogP) is 2.47. The van der Waals surface area contributed by atoms with Gasteiger partial charge in [0.1, 0.15) is 6.04 Å². The number of likely N-dealkylation sites (tertiary alicyclic amines) is 1. The number of anilines is 1. The average molecular weight is 345 g/mol. The molecule has 0 radical (unpaired) electrons. The number of carbonyl (C=O) groups excluding carboxylic acids is 3. The molecule has 25 heavy (non-hydrogen) atoms. The van der Waals surface area contributed by atoms with E-state index in [9.17, 15) is 14.4 Å². The van der Waals surface area contributed by atoms with Gasteiger partial charge >= 0.3 is 0 Å². The monoisotopic (exact) mass is 345 g/mol. The highest BCUT2D eigenvalue weighted by atomic mass is 16.2. The van der Waals surface area contributed by atoms with Crippen molar-refractivity contribution >= 4 is 23.4 Å². The number of nitrogens with zero attached hydrogens (tertiary/aromatic N) is 1. The van der Waals surface area contributed by atoms with E-state index < -0.39 is 6.04 Å². The first kappa shape index (κ1) is 19.0. The summed E-state index contributed by atoms with van der Waals surface area (Å²) in [6.45, 7) is 9.89. The summed E-state index contributed by atoms with van der Waals surface area (Å²) in [6, 6.07) is 4.71. The predicted molar refractivity (Wildman–Crippen MR) is 97.4 cm³/mol. The zero-order valence-electron chi connectivity index (χ0n) is 15.6. The van der Waals surface area contributed by atoms with Crippen molar-refractivity contribution in [1.82, 2.24) is 10.2 Å². The summed E-state index contributed by atoms with van der Waals surface area (Å²) in [6.07, 6.45) is 1.29. The molecule has 2 N–H and O–H groups in total. The molecule has 1 aromatic carbocycles. The molecule has 0 spiro atoms. The zero-order valence-corrected chi connectivity index (χ0v) is 15.6. The van der Waals surface area contributed by atoms with Crippen molar-refractivity contribution in [3.63, 3.8) is 0 Å². The Morgan fingerprint density at radius 1 is 1.24 bits per heavy atom. The van der Waals surface area contributed by atoms with Gasteiger partial charge in [-0.05, 0) is 58.7 Å². The van der Waals surface area contributed by atoms with Gasteiger partial charge in [0.05, 0.1) is 0 Å². The van der Waals surface area contributed by atoms with Gasteiger partial charge in [0.15, 0.2) is 0 Å². The molecule has 1 aliphatic heterocycles. The molecular formula is C19H27N3O3. The number of benzene rings is 1. The summed E-state index contributed by atoms with van der Waals surface area (Å²) in [5.41, 5.74) is 1.48. The first-order chi connectivity index (χ1) is 11.6. The van der Waals surface area contributed by atoms with Crippen LogP contribution in [0.1, 0.15) is 56.5 Å². The molecule has 1 aliphatic rings. The maximum atomic E-state index is 12.5. The molecule has 1 atom stereocenters. The van der Waals surface area contributed by atoms with Gasteiger partial charge in [-0.15, -0.1) is 0 Å². The fourth-order valence-electron chi connectivity index (χ4n) is 2.88. The molecule has 6 heteroatoms. The fourth-order valence-corrected chi connectivity index (χ4v) is 2.88. The van der Waals surface area contributed by atoms with E-state index in [-0.39, 0.29) is 23.3 Å². The molecule has 136 valence electrons. The lowest BCUT2D eigenvalue weighted by Crippen LogP contribution is -2.43. The van der Waals surface area contributed by atoms with Crippen molar-refractivity contribution < 1.29 is 14.4 Å². The maximum Gasteiger partial charge on any atom is 0.252 e. The van der Waals surface area contributed by atoms with Crippen LogP contribution in [0.2, 0.25) is 0 Å². The third kappa shape index (κ3) is 4.59. The minimum atomic E-state index is -0.526. The summed E-state index contributed by atoms with van der Waals surface area (Å²) < 4.78 is 0. The van der Waals surface area contributed by atoms with Crippen LogP contribution < -0.4 is 10.6 Å². The summed E-state index contributed by atoms with van der Waals surface area (Å²) in [7, 11) is 0. The molecular weight excluding hydrogens is 318 g/mol. The summed E-state index contributed by atoms with van der Waals surface area (Å²) in [5, 5.41) is 5.78. The SMILES string of the molecule is Cc1c(NC(=O)[C@@H](C)N2CCCC2=O)cccc1C(=O)NC(C)(C)C. The Morgan fingerprint density at radius 2 is 1.92 bits per heavy atom. The molecule has 1 heterocycles. The van der Waals surface area contributed by atoms with Crippen molar-refractivity contribution in [2.45, 2.75) is 59.0 Å². The van der Waals surface area contributed by atoms with E-state index in [2.05, 4.69) is 10.6 Å². The smallest absolute Gasteiger partial charge is 0.252 e. The topological polar surface area (TPSA) is 78.5 Å². The van der Waals surface area contributed by atoms with Gasteiger partial charge in [-0.3, -0.25) is 14.4 Å². The Kier molecular flexibility index (Phi) is 5.50. The van der Waals surface area contributed by atoms with Gasteiger partial charge in [0.2, 0.25) is 11.8 Å². The van der Waals surface area contributed by atoms with Crippen LogP contribution in [0.4, 0.5) is 5.69 Å². The minimum absolute atomic E-state index is 0.0117. The molecule has 6 nitrogen and oxygen atoms in total. The number of hydrogen-bond acceptors (Lipinski definition) is 3. The Hall–Kier alpha value is -2.37. The van der Waals surface area contributed by atoms with Crippen LogP contribution in [-0.4, -0.2) is 40.7 Å². The van der Waals surface area contributed by atoms with Crippen LogP contribution in [0.25, 0.3) is 0 Å². The Balaban J connectivity index is 2.15. The molecule has 3 amide bonds. The standard InChI is InChI=1S/C19H27N3O3/c1-12-14(18(25)21-19(3,4)5)8-6-9-15(12)20-17(24)13(2)22-11-7-10-16(22)23/h6,8-9,13H,7,10-11H2,1-5H3,(H,20,24)(H,21,25)/t13-/m1/s1. The lowest BCUT2D eigenvalue weighted by molar-refractivity contribution is -0.134. The number of amides is 3. The highest BCUT2D eigenvalue weighted by Crippen LogP contribution is 2.21. The minimum Gasteiger partial charge on any atom is -0.347 e. The molecule has 0 aliphatic carbocycles. The maximum absolute atomic E-state index is 12.5. The van der Waals surface area contributed by atoms with Crippen LogP contribution >= 0.6 is 0 Å². The lowest BCUT2D eigenvalue weighted by atomic mass is 10.0. The van der Waals surface area contributed by atoms with E-state index in [1.165, 1.54) is 0 Å². The third-order valence-electron chi connectivity index (χ3n) is 4.28. The van der Waals surface area contributed by atoms with Crippen LogP contribution in [0.3, 0.4) is 0 Å². The average Bonchev–Trinajstić information content (AvgIpc) is 2.92. The van der Waals surface area contributed by atoms with Crippen LogP contribution in [0.5, 0.6) is 0 Å². The van der Waals surface area contributed by atoms with E-state index in [0.29, 0.717) is 29.8 Å². The molecule has 0 saturated carbocycles. The van der Waals surface area contributed by atoms with Crippen LogP contribution in [0.15, 0.2) is 18.2 Å². The van der Waals surface area contributed by atoms with Crippen molar-refractivity contribution in [1.29, 1.82) is 0 Å². The normalized spacial score (nSPS) is 15.9. The van der Waals surface area contributed by atoms with Crippen molar-refractivity contribution in [2.75, 3.05) is 11.9 Å². The lowest BCUT2D eigenvalue weighted by Gasteiger charge is -2.24. The van der Waals surface area contributed by atoms with Gasteiger partial charge in [0.25, 0.3) is 5.91 Å². The highest BCUT2D eigenvalue weighted by Gasteiger charge is 2.29. The first-order valence-electron chi connectivity index (χ1n) is 8.62. The molecule has 1 saturated heterocycles. The van der Waals surface area contributed by atoms with E-state index in [1.807, 2.05) is 20.8 Å². The van der Waals surface area contributed by atoms with Gasteiger partial charge in [0, 0.05) is 29.8 Å². The van der Waals surface area contributed by atoms with Crippen LogP contribution in [0, 0.1) is 6.92 Å². The van der Waals surface area contributed by atoms with Crippen molar-refractivity contribution in [3.8, 4) is 0 Å². The van der Waals surface area contributed by atoms with Gasteiger partial charge in [-0.2, -0.15) is 0 Å². The molecule has 0 bridgehead atoms. The van der Waals surface area contributed by atoms with E-state index in [1.54, 1.807) is 36.9 Å². The van der Waals surface area contributed by atoms with E-state index in [0.717, 1.165) is 6.42 Å². The first-order valence-corrected chi connectivity index (χ1v) is 8.62.